The van der Waals surface area contributed by atoms with Gasteiger partial charge in [-0.05, 0) is 179 Å². The van der Waals surface area contributed by atoms with Crippen molar-refractivity contribution in [2.24, 2.45) is 35.0 Å². The van der Waals surface area contributed by atoms with Crippen molar-refractivity contribution in [2.45, 2.75) is 86.2 Å². The van der Waals surface area contributed by atoms with Gasteiger partial charge in [0.05, 0.1) is 41.5 Å². The molecule has 3 unspecified atom stereocenters. The topological polar surface area (TPSA) is 283 Å². The predicted octanol–water partition coefficient (Wildman–Crippen LogP) is 17.9. The first-order chi connectivity index (χ1) is 56.2. The molecule has 0 aliphatic rings. The highest BCUT2D eigenvalue weighted by atomic mass is 79.9. The molecule has 117 heavy (non-hydrogen) atoms. The highest BCUT2D eigenvalue weighted by Gasteiger charge is 2.38. The maximum absolute atomic E-state index is 14.2. The summed E-state index contributed by atoms with van der Waals surface area (Å²) in [5.41, 5.74) is 23.0. The van der Waals surface area contributed by atoms with Crippen LogP contribution in [0.3, 0.4) is 0 Å². The maximum atomic E-state index is 14.2. The number of aromatic nitrogens is 6. The molecule has 28 heteroatoms. The van der Waals surface area contributed by atoms with Crippen LogP contribution in [0.2, 0.25) is 5.02 Å². The number of carbonyl (C=O) groups excluding carboxylic acids is 3. The molecule has 602 valence electrons. The summed E-state index contributed by atoms with van der Waals surface area (Å²) in [7, 11) is 0. The summed E-state index contributed by atoms with van der Waals surface area (Å²) in [6.45, 7) is 15.8. The Morgan fingerprint density at radius 1 is 0.444 bits per heavy atom. The van der Waals surface area contributed by atoms with Gasteiger partial charge in [-0.3, -0.25) is 42.5 Å². The van der Waals surface area contributed by atoms with E-state index in [0.29, 0.717) is 72.1 Å². The molecule has 0 aliphatic carbocycles. The van der Waals surface area contributed by atoms with E-state index in [2.05, 4.69) is 31.9 Å². The molecule has 0 saturated carbocycles. The fraction of sp³-hybridized carbons (Fsp3) is 0.247. The minimum atomic E-state index is -0.629. The summed E-state index contributed by atoms with van der Waals surface area (Å²) in [4.78, 5) is 104. The molecule has 15 rings (SSSR count). The summed E-state index contributed by atoms with van der Waals surface area (Å²) in [6.07, 6.45) is 0. The normalized spacial score (nSPS) is 12.4. The van der Waals surface area contributed by atoms with Crippen molar-refractivity contribution in [2.75, 3.05) is 39.3 Å². The lowest BCUT2D eigenvalue weighted by atomic mass is 9.99. The summed E-state index contributed by atoms with van der Waals surface area (Å²) in [5.74, 6) is -1.36. The number of aryl methyl sites for hydroxylation is 1. The molecular formula is C89H84Br2ClF3N12O9S. The molecule has 0 radical (unpaired) electrons. The number of benzene rings is 8. The zero-order valence-electron chi connectivity index (χ0n) is 65.0. The molecule has 15 aromatic rings. The lowest BCUT2D eigenvalue weighted by molar-refractivity contribution is 0.0606. The Kier molecular flexibility index (Phi) is 26.2. The van der Waals surface area contributed by atoms with Gasteiger partial charge in [-0.1, -0.05) is 147 Å². The number of halogens is 6. The molecule has 7 aromatic heterocycles. The van der Waals surface area contributed by atoms with E-state index in [1.54, 1.807) is 89.1 Å². The Balaban J connectivity index is 0.000000152. The van der Waals surface area contributed by atoms with Crippen molar-refractivity contribution in [3.8, 4) is 0 Å². The molecular weight excluding hydrogens is 1670 g/mol. The van der Waals surface area contributed by atoms with Crippen LogP contribution in [-0.4, -0.2) is 100 Å². The van der Waals surface area contributed by atoms with Crippen LogP contribution in [0, 0.1) is 42.1 Å². The predicted molar refractivity (Wildman–Crippen MR) is 459 cm³/mol. The van der Waals surface area contributed by atoms with E-state index >= 15 is 0 Å². The molecule has 7 heterocycles. The van der Waals surface area contributed by atoms with Gasteiger partial charge in [0, 0.05) is 86.5 Å². The summed E-state index contributed by atoms with van der Waals surface area (Å²) in [5, 5.41) is 1.72. The van der Waals surface area contributed by atoms with Gasteiger partial charge in [-0.2, -0.15) is 0 Å². The van der Waals surface area contributed by atoms with E-state index in [0.717, 1.165) is 29.8 Å². The monoisotopic (exact) mass is 1750 g/mol. The number of thiophene rings is 1. The minimum Gasteiger partial charge on any atom is -0.448 e. The van der Waals surface area contributed by atoms with E-state index in [1.165, 1.54) is 65.9 Å². The number of furan rings is 3. The van der Waals surface area contributed by atoms with Crippen molar-refractivity contribution in [3.63, 3.8) is 0 Å². The van der Waals surface area contributed by atoms with Crippen molar-refractivity contribution < 1.29 is 40.8 Å². The molecule has 0 aliphatic heterocycles. The lowest BCUT2D eigenvalue weighted by Gasteiger charge is -2.35. The van der Waals surface area contributed by atoms with E-state index in [-0.39, 0.29) is 128 Å². The number of hydrogen-bond acceptors (Lipinski definition) is 16. The second kappa shape index (κ2) is 36.6. The third kappa shape index (κ3) is 18.0. The van der Waals surface area contributed by atoms with Crippen LogP contribution in [0.25, 0.3) is 66.2 Å². The smallest absolute Gasteiger partial charge is 0.297 e. The van der Waals surface area contributed by atoms with Crippen molar-refractivity contribution in [1.82, 2.24) is 43.4 Å². The number of hydrogen-bond donors (Lipinski definition) is 3. The quantitative estimate of drug-likeness (QED) is 0.0507. The Labute approximate surface area is 696 Å². The highest BCUT2D eigenvalue weighted by Crippen LogP contribution is 2.38. The first-order valence-electron chi connectivity index (χ1n) is 38.0. The standard InChI is InChI=1S/C30H28BrFN4O3.C30H28ClFN4O3.C29H28BrFN4O3S/c2*1-18(2)26(35(15-14-33)29(37)20-8-10-21(31)11-9-20)28-34-25-23-16-22(32)12-13-24(23)39-27(25)30(38)36(28)17-19-6-4-3-5-7-19;1-16(2)25(34(13-12-32)28(36)18-6-4-17(3)5-7-18)27-33-24-21-14-19(31)8-10-22(21)38-26(24)29(37)35(27)15-20-9-11-23(30)39-20/h2*3-13,16,18,26H,14-15,17,33H2,1-2H3;4-11,14,16,25H,12-13,15,32H2,1-3H3. The van der Waals surface area contributed by atoms with Gasteiger partial charge < -0.3 is 45.2 Å². The van der Waals surface area contributed by atoms with Gasteiger partial charge in [0.2, 0.25) is 16.7 Å². The molecule has 0 spiro atoms. The zero-order valence-corrected chi connectivity index (χ0v) is 69.7. The Hall–Kier alpha value is -11.2. The molecule has 0 bridgehead atoms. The van der Waals surface area contributed by atoms with Crippen LogP contribution in [0.1, 0.15) is 130 Å². The number of rotatable bonds is 24. The second-order valence-electron chi connectivity index (χ2n) is 29.3. The molecule has 3 amide bonds. The van der Waals surface area contributed by atoms with Gasteiger partial charge in [0.15, 0.2) is 0 Å². The molecule has 0 saturated heterocycles. The van der Waals surface area contributed by atoms with Crippen LogP contribution in [0.15, 0.2) is 236 Å². The van der Waals surface area contributed by atoms with Crippen LogP contribution in [-0.2, 0) is 19.6 Å². The molecule has 6 N–H and O–H groups in total. The van der Waals surface area contributed by atoms with E-state index < -0.39 is 52.3 Å². The second-order valence-corrected chi connectivity index (χ2v) is 33.2. The Morgan fingerprint density at radius 3 is 1.09 bits per heavy atom. The van der Waals surface area contributed by atoms with Gasteiger partial charge >= 0.3 is 0 Å². The number of amides is 3. The van der Waals surface area contributed by atoms with Gasteiger partial charge in [-0.15, -0.1) is 11.3 Å². The average Bonchev–Trinajstić information content (AvgIpc) is 1.64. The third-order valence-corrected chi connectivity index (χ3v) is 22.5. The number of fused-ring (bicyclic) bond motifs is 9. The van der Waals surface area contributed by atoms with E-state index in [1.807, 2.05) is 133 Å². The molecule has 0 fully saturated rings. The van der Waals surface area contributed by atoms with Crippen LogP contribution >= 0.6 is 54.8 Å². The largest absolute Gasteiger partial charge is 0.448 e. The summed E-state index contributed by atoms with van der Waals surface area (Å²) < 4.78 is 66.8. The first kappa shape index (κ1) is 83.8. The van der Waals surface area contributed by atoms with Gasteiger partial charge in [-0.25, -0.2) is 28.1 Å². The maximum Gasteiger partial charge on any atom is 0.297 e. The first-order valence-corrected chi connectivity index (χ1v) is 40.8. The number of carbonyl (C=O) groups is 3. The lowest BCUT2D eigenvalue weighted by Crippen LogP contribution is -2.43. The Morgan fingerprint density at radius 2 is 0.769 bits per heavy atom. The number of nitrogens with zero attached hydrogens (tertiary/aromatic N) is 9. The van der Waals surface area contributed by atoms with Crippen LogP contribution < -0.4 is 33.9 Å². The summed E-state index contributed by atoms with van der Waals surface area (Å²) >= 11 is 14.5. The SMILES string of the molecule is CC(C)C(c1nc2c(oc3ccc(F)cc32)c(=O)n1Cc1ccccc1)N(CCN)C(=O)c1ccc(Br)cc1.CC(C)C(c1nc2c(oc3ccc(F)cc32)c(=O)n1Cc1ccccc1)N(CCN)C(=O)c1ccc(Cl)cc1.Cc1ccc(C(=O)N(CCN)C(c2nc3c(oc4ccc(F)cc43)c(=O)n2Cc2ccc(Br)s2)C(C)C)cc1. The van der Waals surface area contributed by atoms with E-state index in [4.69, 9.17) is 57.0 Å². The fourth-order valence-corrected chi connectivity index (χ4v) is 16.6. The van der Waals surface area contributed by atoms with Crippen molar-refractivity contribution >= 4 is 139 Å². The molecule has 21 nitrogen and oxygen atoms in total. The van der Waals surface area contributed by atoms with Gasteiger partial charge in [0.25, 0.3) is 34.4 Å². The average molecular weight is 1750 g/mol. The zero-order chi connectivity index (χ0) is 83.2. The molecule has 3 atom stereocenters. The van der Waals surface area contributed by atoms with E-state index in [9.17, 15) is 41.9 Å². The van der Waals surface area contributed by atoms with Gasteiger partial charge in [0.1, 0.15) is 68.2 Å². The van der Waals surface area contributed by atoms with Crippen LogP contribution in [0.4, 0.5) is 13.2 Å². The third-order valence-electron chi connectivity index (χ3n) is 20.1. The van der Waals surface area contributed by atoms with Crippen LogP contribution in [0.5, 0.6) is 0 Å². The van der Waals surface area contributed by atoms with Crippen molar-refractivity contribution in [1.29, 1.82) is 0 Å². The minimum absolute atomic E-state index is 0.0344. The summed E-state index contributed by atoms with van der Waals surface area (Å²) in [6, 6.07) is 54.4. The fourth-order valence-electron chi connectivity index (χ4n) is 14.7. The number of nitrogens with two attached hydrogens (primary N) is 3. The van der Waals surface area contributed by atoms with Crippen molar-refractivity contribution in [3.05, 3.63) is 318 Å². The Bertz CT molecular complexity index is 6080. The molecule has 8 aromatic carbocycles. The highest BCUT2D eigenvalue weighted by molar-refractivity contribution is 9.11.